The lowest BCUT2D eigenvalue weighted by molar-refractivity contribution is -0.118. The largest absolute Gasteiger partial charge is 0.479 e. The number of carbonyl (C=O) groups excluding carboxylic acids is 2. The van der Waals surface area contributed by atoms with Gasteiger partial charge in [-0.25, -0.2) is 9.49 Å². The first-order valence-electron chi connectivity index (χ1n) is 6.16. The molecule has 1 aliphatic heterocycles. The van der Waals surface area contributed by atoms with Crippen LogP contribution in [0.5, 0.6) is 5.75 Å². The van der Waals surface area contributed by atoms with Gasteiger partial charge in [0.05, 0.1) is 11.4 Å². The first-order chi connectivity index (χ1) is 10.5. The van der Waals surface area contributed by atoms with Crippen molar-refractivity contribution in [3.05, 3.63) is 46.1 Å². The smallest absolute Gasteiger partial charge is 0.276 e. The van der Waals surface area contributed by atoms with E-state index in [2.05, 4.69) is 20.8 Å². The molecule has 1 aromatic heterocycles. The molecule has 0 saturated carbocycles. The monoisotopic (exact) mass is 304 g/mol. The molecule has 3 N–H and O–H groups in total. The lowest BCUT2D eigenvalue weighted by atomic mass is 10.2. The lowest BCUT2D eigenvalue weighted by Crippen LogP contribution is -2.27. The van der Waals surface area contributed by atoms with E-state index in [4.69, 9.17) is 4.74 Å². The molecule has 0 radical (unpaired) electrons. The van der Waals surface area contributed by atoms with Gasteiger partial charge in [0, 0.05) is 18.2 Å². The first kappa shape index (κ1) is 13.7. The molecule has 9 heteroatoms. The average molecular weight is 304 g/mol. The Morgan fingerprint density at radius 3 is 2.86 bits per heavy atom. The maximum atomic E-state index is 13.6. The van der Waals surface area contributed by atoms with Crippen LogP contribution in [0.25, 0.3) is 0 Å². The Morgan fingerprint density at radius 1 is 1.32 bits per heavy atom. The SMILES string of the molecule is O=C1COc2c(cc(F)cc2NC(=O)c2ccc(=O)[nH]n2)N1. The second kappa shape index (κ2) is 5.28. The highest BCUT2D eigenvalue weighted by Crippen LogP contribution is 2.36. The maximum absolute atomic E-state index is 13.6. The minimum Gasteiger partial charge on any atom is -0.479 e. The zero-order valence-corrected chi connectivity index (χ0v) is 11.0. The summed E-state index contributed by atoms with van der Waals surface area (Å²) >= 11 is 0. The number of nitrogens with one attached hydrogen (secondary N) is 3. The summed E-state index contributed by atoms with van der Waals surface area (Å²) in [7, 11) is 0. The quantitative estimate of drug-likeness (QED) is 0.747. The topological polar surface area (TPSA) is 113 Å². The summed E-state index contributed by atoms with van der Waals surface area (Å²) in [6.07, 6.45) is 0. The number of fused-ring (bicyclic) bond motifs is 1. The molecule has 1 aromatic carbocycles. The highest BCUT2D eigenvalue weighted by molar-refractivity contribution is 6.05. The van der Waals surface area contributed by atoms with Crippen LogP contribution in [0.1, 0.15) is 10.5 Å². The van der Waals surface area contributed by atoms with Gasteiger partial charge in [0.1, 0.15) is 11.5 Å². The van der Waals surface area contributed by atoms with Crippen molar-refractivity contribution in [2.24, 2.45) is 0 Å². The zero-order chi connectivity index (χ0) is 15.7. The van der Waals surface area contributed by atoms with Gasteiger partial charge in [0.25, 0.3) is 17.4 Å². The number of aromatic amines is 1. The fourth-order valence-electron chi connectivity index (χ4n) is 1.92. The molecule has 0 saturated heterocycles. The number of rotatable bonds is 2. The van der Waals surface area contributed by atoms with Gasteiger partial charge >= 0.3 is 0 Å². The van der Waals surface area contributed by atoms with Crippen LogP contribution in [-0.2, 0) is 4.79 Å². The van der Waals surface area contributed by atoms with Crippen molar-refractivity contribution in [1.29, 1.82) is 0 Å². The normalized spacial score (nSPS) is 12.9. The number of H-pyrrole nitrogens is 1. The van der Waals surface area contributed by atoms with Gasteiger partial charge in [-0.15, -0.1) is 0 Å². The van der Waals surface area contributed by atoms with E-state index in [1.54, 1.807) is 0 Å². The summed E-state index contributed by atoms with van der Waals surface area (Å²) in [4.78, 5) is 34.2. The Hall–Kier alpha value is -3.23. The molecule has 8 nitrogen and oxygen atoms in total. The van der Waals surface area contributed by atoms with Crippen LogP contribution in [0.2, 0.25) is 0 Å². The Morgan fingerprint density at radius 2 is 2.14 bits per heavy atom. The predicted molar refractivity (Wildman–Crippen MR) is 73.3 cm³/mol. The number of halogens is 1. The molecule has 0 aliphatic carbocycles. The predicted octanol–water partition coefficient (Wildman–Crippen LogP) is 0.492. The number of benzene rings is 1. The van der Waals surface area contributed by atoms with Crippen LogP contribution < -0.4 is 20.9 Å². The van der Waals surface area contributed by atoms with Gasteiger partial charge in [-0.2, -0.15) is 5.10 Å². The number of anilines is 2. The van der Waals surface area contributed by atoms with Crippen LogP contribution >= 0.6 is 0 Å². The number of carbonyl (C=O) groups is 2. The number of ether oxygens (including phenoxy) is 1. The molecule has 3 rings (SSSR count). The van der Waals surface area contributed by atoms with Crippen molar-refractivity contribution in [3.8, 4) is 5.75 Å². The van der Waals surface area contributed by atoms with Gasteiger partial charge in [-0.3, -0.25) is 14.4 Å². The zero-order valence-electron chi connectivity index (χ0n) is 11.0. The van der Waals surface area contributed by atoms with Gasteiger partial charge < -0.3 is 15.4 Å². The second-order valence-electron chi connectivity index (χ2n) is 4.43. The molecule has 2 aromatic rings. The van der Waals surface area contributed by atoms with Crippen molar-refractivity contribution in [2.45, 2.75) is 0 Å². The van der Waals surface area contributed by atoms with Gasteiger partial charge in [-0.1, -0.05) is 0 Å². The summed E-state index contributed by atoms with van der Waals surface area (Å²) in [5, 5.41) is 10.5. The molecule has 0 unspecified atom stereocenters. The first-order valence-corrected chi connectivity index (χ1v) is 6.16. The summed E-state index contributed by atoms with van der Waals surface area (Å²) in [5.41, 5.74) is -0.336. The molecule has 2 amide bonds. The number of aromatic nitrogens is 2. The minimum atomic E-state index is -0.662. The van der Waals surface area contributed by atoms with Crippen molar-refractivity contribution < 1.29 is 18.7 Å². The van der Waals surface area contributed by atoms with Crippen LogP contribution in [0.3, 0.4) is 0 Å². The third-order valence-electron chi connectivity index (χ3n) is 2.84. The summed E-state index contributed by atoms with van der Waals surface area (Å²) in [5.74, 6) is -1.59. The average Bonchev–Trinajstić information content (AvgIpc) is 2.47. The molecule has 0 atom stereocenters. The molecule has 0 bridgehead atoms. The number of nitrogens with zero attached hydrogens (tertiary/aromatic N) is 1. The van der Waals surface area contributed by atoms with Crippen molar-refractivity contribution in [2.75, 3.05) is 17.2 Å². The molecule has 112 valence electrons. The summed E-state index contributed by atoms with van der Waals surface area (Å²) in [6.45, 7) is -0.238. The van der Waals surface area contributed by atoms with E-state index < -0.39 is 23.2 Å². The highest BCUT2D eigenvalue weighted by atomic mass is 19.1. The molecule has 0 spiro atoms. The second-order valence-corrected chi connectivity index (χ2v) is 4.43. The van der Waals surface area contributed by atoms with E-state index in [1.165, 1.54) is 6.07 Å². The fraction of sp³-hybridized carbons (Fsp3) is 0.0769. The Kier molecular flexibility index (Phi) is 3.30. The molecular weight excluding hydrogens is 295 g/mol. The molecule has 1 aliphatic rings. The number of amides is 2. The van der Waals surface area contributed by atoms with E-state index in [0.29, 0.717) is 0 Å². The molecule has 2 heterocycles. The van der Waals surface area contributed by atoms with E-state index in [9.17, 15) is 18.8 Å². The van der Waals surface area contributed by atoms with Crippen molar-refractivity contribution >= 4 is 23.2 Å². The summed E-state index contributed by atoms with van der Waals surface area (Å²) < 4.78 is 18.8. The maximum Gasteiger partial charge on any atom is 0.276 e. The summed E-state index contributed by atoms with van der Waals surface area (Å²) in [6, 6.07) is 4.50. The molecule has 22 heavy (non-hydrogen) atoms. The number of hydrogen-bond acceptors (Lipinski definition) is 5. The van der Waals surface area contributed by atoms with E-state index >= 15 is 0 Å². The fourth-order valence-corrected chi connectivity index (χ4v) is 1.92. The van der Waals surface area contributed by atoms with Crippen LogP contribution in [0.4, 0.5) is 15.8 Å². The third kappa shape index (κ3) is 2.64. The third-order valence-corrected chi connectivity index (χ3v) is 2.84. The Labute approximate surface area is 122 Å². The van der Waals surface area contributed by atoms with Gasteiger partial charge in [-0.05, 0) is 6.07 Å². The van der Waals surface area contributed by atoms with Crippen LogP contribution in [0.15, 0.2) is 29.1 Å². The van der Waals surface area contributed by atoms with E-state index in [1.807, 2.05) is 0 Å². The lowest BCUT2D eigenvalue weighted by Gasteiger charge is -2.21. The van der Waals surface area contributed by atoms with Crippen molar-refractivity contribution in [3.63, 3.8) is 0 Å². The Bertz CT molecular complexity index is 813. The standard InChI is InChI=1S/C13H9FN4O4/c14-6-3-8-12(22-5-11(20)15-8)9(4-6)16-13(21)7-1-2-10(19)18-17-7/h1-4H,5H2,(H,15,20)(H,16,21)(H,18,19). The molecule has 0 fully saturated rings. The van der Waals surface area contributed by atoms with Crippen LogP contribution in [-0.4, -0.2) is 28.6 Å². The van der Waals surface area contributed by atoms with Gasteiger partial charge in [0.15, 0.2) is 12.4 Å². The molecular formula is C13H9FN4O4. The van der Waals surface area contributed by atoms with E-state index in [0.717, 1.165) is 18.2 Å². The number of hydrogen-bond donors (Lipinski definition) is 3. The van der Waals surface area contributed by atoms with Gasteiger partial charge in [0.2, 0.25) is 0 Å². The Balaban J connectivity index is 1.92. The van der Waals surface area contributed by atoms with E-state index in [-0.39, 0.29) is 29.4 Å². The van der Waals surface area contributed by atoms with Crippen LogP contribution in [0, 0.1) is 5.82 Å². The highest BCUT2D eigenvalue weighted by Gasteiger charge is 2.22. The van der Waals surface area contributed by atoms with Crippen molar-refractivity contribution in [1.82, 2.24) is 10.2 Å². The minimum absolute atomic E-state index is 0.0491.